The van der Waals surface area contributed by atoms with Gasteiger partial charge in [0.05, 0.1) is 17.7 Å². The van der Waals surface area contributed by atoms with Crippen molar-refractivity contribution in [1.82, 2.24) is 4.41 Å². The number of thiophene rings is 1. The Morgan fingerprint density at radius 1 is 1.23 bits per heavy atom. The van der Waals surface area contributed by atoms with Crippen molar-refractivity contribution >= 4 is 42.8 Å². The second kappa shape index (κ2) is 7.01. The Morgan fingerprint density at radius 2 is 2.00 bits per heavy atom. The summed E-state index contributed by atoms with van der Waals surface area (Å²) in [5, 5.41) is 6.27. The maximum absolute atomic E-state index is 12.5. The molecule has 0 spiro atoms. The van der Waals surface area contributed by atoms with E-state index in [2.05, 4.69) is 9.82 Å². The van der Waals surface area contributed by atoms with Crippen molar-refractivity contribution in [2.45, 2.75) is 19.4 Å². The van der Waals surface area contributed by atoms with Gasteiger partial charge in [-0.05, 0) is 36.1 Å². The summed E-state index contributed by atoms with van der Waals surface area (Å²) in [6.45, 7) is 1.59. The maximum Gasteiger partial charge on any atom is 0.250 e. The third-order valence-corrected chi connectivity index (χ3v) is 7.11. The lowest BCUT2D eigenvalue weighted by molar-refractivity contribution is 0.376. The molecule has 0 saturated carbocycles. The van der Waals surface area contributed by atoms with Gasteiger partial charge in [-0.1, -0.05) is 18.2 Å². The summed E-state index contributed by atoms with van der Waals surface area (Å²) in [6, 6.07) is 10.2. The Balaban J connectivity index is 1.98. The van der Waals surface area contributed by atoms with E-state index in [4.69, 9.17) is 0 Å². The van der Waals surface area contributed by atoms with E-state index < -0.39 is 20.0 Å². The van der Waals surface area contributed by atoms with Gasteiger partial charge in [-0.25, -0.2) is 16.8 Å². The van der Waals surface area contributed by atoms with Crippen LogP contribution in [-0.2, 0) is 20.0 Å². The molecule has 10 heteroatoms. The minimum Gasteiger partial charge on any atom is -0.284 e. The predicted octanol–water partition coefficient (Wildman–Crippen LogP) is 2.62. The molecule has 0 radical (unpaired) electrons. The monoisotopic (exact) mass is 413 g/mol. The Labute approximate surface area is 157 Å². The molecule has 1 aromatic heterocycles. The molecule has 7 nitrogen and oxygen atoms in total. The van der Waals surface area contributed by atoms with Crippen LogP contribution in [0.1, 0.15) is 29.8 Å². The van der Waals surface area contributed by atoms with Crippen LogP contribution in [0, 0.1) is 0 Å². The molecule has 3 rings (SSSR count). The normalized spacial score (nSPS) is 18.0. The zero-order valence-electron chi connectivity index (χ0n) is 14.3. The first kappa shape index (κ1) is 18.9. The molecular formula is C16H19N3O4S3. The molecule has 0 amide bonds. The van der Waals surface area contributed by atoms with Crippen molar-refractivity contribution in [3.63, 3.8) is 0 Å². The van der Waals surface area contributed by atoms with Gasteiger partial charge in [0.25, 0.3) is 0 Å². The van der Waals surface area contributed by atoms with Gasteiger partial charge in [-0.2, -0.15) is 9.52 Å². The van der Waals surface area contributed by atoms with Crippen LogP contribution in [0.15, 0.2) is 46.9 Å². The zero-order valence-corrected chi connectivity index (χ0v) is 16.7. The van der Waals surface area contributed by atoms with E-state index in [1.54, 1.807) is 31.2 Å². The number of nitrogens with zero attached hydrogens (tertiary/aromatic N) is 2. The maximum atomic E-state index is 12.5. The number of rotatable bonds is 6. The number of hydrogen-bond acceptors (Lipinski definition) is 6. The highest BCUT2D eigenvalue weighted by atomic mass is 32.2. The largest absolute Gasteiger partial charge is 0.284 e. The fraction of sp³-hybridized carbons (Fsp3) is 0.312. The van der Waals surface area contributed by atoms with E-state index in [1.807, 2.05) is 17.5 Å². The number of benzene rings is 1. The third kappa shape index (κ3) is 4.08. The molecular weight excluding hydrogens is 394 g/mol. The molecule has 1 aromatic carbocycles. The highest BCUT2D eigenvalue weighted by molar-refractivity contribution is 7.92. The summed E-state index contributed by atoms with van der Waals surface area (Å²) in [5.41, 5.74) is 1.71. The molecule has 26 heavy (non-hydrogen) atoms. The van der Waals surface area contributed by atoms with Crippen LogP contribution in [0.4, 0.5) is 5.69 Å². The van der Waals surface area contributed by atoms with Crippen LogP contribution in [0.2, 0.25) is 0 Å². The molecule has 2 aromatic rings. The SMILES string of the molecule is CCS(=O)(=O)N1N=C(c2cccc(NS(C)(=O)=O)c2)C[C@H]1c1cccs1. The standard InChI is InChI=1S/C16H19N3O4S3/c1-3-26(22,23)19-15(16-8-5-9-24-16)11-14(17-19)12-6-4-7-13(10-12)18-25(2,20)21/h4-10,15,18H,3,11H2,1-2H3/t15-/m0/s1. The molecule has 1 atom stereocenters. The lowest BCUT2D eigenvalue weighted by Crippen LogP contribution is -2.28. The van der Waals surface area contributed by atoms with Gasteiger partial charge in [0, 0.05) is 17.0 Å². The molecule has 0 bridgehead atoms. The van der Waals surface area contributed by atoms with E-state index in [0.29, 0.717) is 23.4 Å². The fourth-order valence-electron chi connectivity index (χ4n) is 2.72. The molecule has 1 aliphatic heterocycles. The van der Waals surface area contributed by atoms with E-state index in [0.717, 1.165) is 11.1 Å². The van der Waals surface area contributed by atoms with E-state index in [9.17, 15) is 16.8 Å². The smallest absolute Gasteiger partial charge is 0.250 e. The molecule has 0 aliphatic carbocycles. The zero-order chi connectivity index (χ0) is 18.9. The molecule has 0 fully saturated rings. The quantitative estimate of drug-likeness (QED) is 0.787. The van der Waals surface area contributed by atoms with Crippen molar-refractivity contribution in [1.29, 1.82) is 0 Å². The van der Waals surface area contributed by atoms with E-state index in [-0.39, 0.29) is 11.8 Å². The highest BCUT2D eigenvalue weighted by Crippen LogP contribution is 2.37. The minimum absolute atomic E-state index is 0.0403. The van der Waals surface area contributed by atoms with Crippen molar-refractivity contribution in [3.05, 3.63) is 52.2 Å². The first-order valence-corrected chi connectivity index (χ1v) is 12.3. The van der Waals surface area contributed by atoms with E-state index >= 15 is 0 Å². The van der Waals surface area contributed by atoms with Crippen LogP contribution < -0.4 is 4.72 Å². The lowest BCUT2D eigenvalue weighted by atomic mass is 10.0. The Morgan fingerprint density at radius 3 is 2.62 bits per heavy atom. The van der Waals surface area contributed by atoms with Gasteiger partial charge >= 0.3 is 0 Å². The molecule has 0 saturated heterocycles. The van der Waals surface area contributed by atoms with Crippen LogP contribution >= 0.6 is 11.3 Å². The summed E-state index contributed by atoms with van der Waals surface area (Å²) in [6.07, 6.45) is 1.51. The minimum atomic E-state index is -3.51. The average molecular weight is 414 g/mol. The summed E-state index contributed by atoms with van der Waals surface area (Å²) in [7, 11) is -6.91. The number of nitrogens with one attached hydrogen (secondary N) is 1. The number of anilines is 1. The summed E-state index contributed by atoms with van der Waals surface area (Å²) >= 11 is 1.49. The van der Waals surface area contributed by atoms with Gasteiger partial charge in [-0.15, -0.1) is 11.3 Å². The third-order valence-electron chi connectivity index (χ3n) is 3.89. The summed E-state index contributed by atoms with van der Waals surface area (Å²) in [5.74, 6) is -0.0403. The Kier molecular flexibility index (Phi) is 5.09. The first-order chi connectivity index (χ1) is 12.2. The lowest BCUT2D eigenvalue weighted by Gasteiger charge is -2.21. The van der Waals surface area contributed by atoms with Crippen molar-refractivity contribution in [2.24, 2.45) is 5.10 Å². The van der Waals surface area contributed by atoms with Crippen molar-refractivity contribution < 1.29 is 16.8 Å². The topological polar surface area (TPSA) is 95.9 Å². The van der Waals surface area contributed by atoms with Gasteiger partial charge in [0.1, 0.15) is 6.04 Å². The fourth-order valence-corrected chi connectivity index (χ4v) is 5.22. The van der Waals surface area contributed by atoms with Gasteiger partial charge < -0.3 is 0 Å². The van der Waals surface area contributed by atoms with Gasteiger partial charge in [0.15, 0.2) is 0 Å². The molecule has 0 unspecified atom stereocenters. The second-order valence-electron chi connectivity index (χ2n) is 5.91. The van der Waals surface area contributed by atoms with Crippen molar-refractivity contribution in [2.75, 3.05) is 16.7 Å². The Bertz CT molecular complexity index is 1030. The second-order valence-corrected chi connectivity index (χ2v) is 10.8. The van der Waals surface area contributed by atoms with Crippen molar-refractivity contribution in [3.8, 4) is 0 Å². The highest BCUT2D eigenvalue weighted by Gasteiger charge is 2.36. The number of hydrazone groups is 1. The summed E-state index contributed by atoms with van der Waals surface area (Å²) < 4.78 is 51.4. The first-order valence-electron chi connectivity index (χ1n) is 7.91. The summed E-state index contributed by atoms with van der Waals surface area (Å²) in [4.78, 5) is 0.922. The Hall–Kier alpha value is -1.91. The molecule has 1 aliphatic rings. The molecule has 140 valence electrons. The average Bonchev–Trinajstić information content (AvgIpc) is 3.23. The van der Waals surface area contributed by atoms with E-state index in [1.165, 1.54) is 15.8 Å². The number of hydrogen-bond donors (Lipinski definition) is 1. The van der Waals surface area contributed by atoms with Crippen LogP contribution in [0.25, 0.3) is 0 Å². The van der Waals surface area contributed by atoms with Gasteiger partial charge in [0.2, 0.25) is 20.0 Å². The van der Waals surface area contributed by atoms with Gasteiger partial charge in [-0.3, -0.25) is 4.72 Å². The molecule has 2 heterocycles. The van der Waals surface area contributed by atoms with Crippen LogP contribution in [0.3, 0.4) is 0 Å². The number of sulfonamides is 2. The predicted molar refractivity (Wildman–Crippen MR) is 104 cm³/mol. The van der Waals surface area contributed by atoms with Crippen LogP contribution in [0.5, 0.6) is 0 Å². The van der Waals surface area contributed by atoms with Crippen LogP contribution in [-0.4, -0.2) is 39.0 Å². The molecule has 1 N–H and O–H groups in total.